The van der Waals surface area contributed by atoms with Gasteiger partial charge in [-0.15, -0.1) is 0 Å². The lowest BCUT2D eigenvalue weighted by Crippen LogP contribution is -2.17. The smallest absolute Gasteiger partial charge is 0.259 e. The molecule has 5 nitrogen and oxygen atoms in total. The van der Waals surface area contributed by atoms with Crippen LogP contribution in [-0.2, 0) is 5.41 Å². The van der Waals surface area contributed by atoms with Gasteiger partial charge in [0.15, 0.2) is 0 Å². The number of pyridine rings is 1. The molecule has 0 unspecified atom stereocenters. The van der Waals surface area contributed by atoms with Gasteiger partial charge in [-0.05, 0) is 41.3 Å². The number of hydrogen-bond donors (Lipinski definition) is 2. The molecule has 0 atom stereocenters. The highest BCUT2D eigenvalue weighted by atomic mass is 35.5. The fourth-order valence-corrected chi connectivity index (χ4v) is 3.19. The number of aromatic nitrogens is 1. The Morgan fingerprint density at radius 1 is 1.11 bits per heavy atom. The maximum absolute atomic E-state index is 12.7. The number of benzene rings is 2. The lowest BCUT2D eigenvalue weighted by molar-refractivity contribution is 0.102. The van der Waals surface area contributed by atoms with E-state index in [0.717, 1.165) is 10.9 Å². The van der Waals surface area contributed by atoms with Crippen molar-refractivity contribution in [3.05, 3.63) is 69.0 Å². The SMILES string of the molecule is COc1ccc(Cl)cc1C(=O)Nc1ccc2c(C(C)(C)C)cc(=O)[nH]c2c1. The summed E-state index contributed by atoms with van der Waals surface area (Å²) in [6.45, 7) is 6.17. The standard InChI is InChI=1S/C21H21ClN2O3/c1-21(2,3)16-11-19(25)24-17-10-13(6-7-14(16)17)23-20(26)15-9-12(22)5-8-18(15)27-4/h5-11H,1-4H3,(H,23,26)(H,24,25). The second-order valence-corrected chi connectivity index (χ2v) is 7.79. The normalized spacial score (nSPS) is 11.4. The van der Waals surface area contributed by atoms with Crippen LogP contribution in [0.2, 0.25) is 5.02 Å². The molecule has 0 saturated heterocycles. The highest BCUT2D eigenvalue weighted by Crippen LogP contribution is 2.30. The van der Waals surface area contributed by atoms with Crippen LogP contribution in [0.1, 0.15) is 36.7 Å². The molecule has 3 aromatic rings. The molecule has 0 aliphatic carbocycles. The Bertz CT molecular complexity index is 1080. The fraction of sp³-hybridized carbons (Fsp3) is 0.238. The minimum atomic E-state index is -0.344. The number of methoxy groups -OCH3 is 1. The highest BCUT2D eigenvalue weighted by Gasteiger charge is 2.19. The summed E-state index contributed by atoms with van der Waals surface area (Å²) in [7, 11) is 1.49. The minimum absolute atomic E-state index is 0.174. The summed E-state index contributed by atoms with van der Waals surface area (Å²) in [6, 6.07) is 11.9. The number of nitrogens with one attached hydrogen (secondary N) is 2. The summed E-state index contributed by atoms with van der Waals surface area (Å²) in [6.07, 6.45) is 0. The van der Waals surface area contributed by atoms with Crippen molar-refractivity contribution < 1.29 is 9.53 Å². The van der Waals surface area contributed by atoms with Gasteiger partial charge < -0.3 is 15.0 Å². The molecular formula is C21H21ClN2O3. The first-order chi connectivity index (χ1) is 12.7. The monoisotopic (exact) mass is 384 g/mol. The minimum Gasteiger partial charge on any atom is -0.496 e. The molecule has 27 heavy (non-hydrogen) atoms. The van der Waals surface area contributed by atoms with Crippen molar-refractivity contribution in [2.45, 2.75) is 26.2 Å². The van der Waals surface area contributed by atoms with Crippen molar-refractivity contribution in [2.24, 2.45) is 0 Å². The summed E-state index contributed by atoms with van der Waals surface area (Å²) in [5.41, 5.74) is 2.18. The van der Waals surface area contributed by atoms with Crippen LogP contribution < -0.4 is 15.6 Å². The zero-order valence-corrected chi connectivity index (χ0v) is 16.4. The van der Waals surface area contributed by atoms with Crippen LogP contribution >= 0.6 is 11.6 Å². The third kappa shape index (κ3) is 3.98. The van der Waals surface area contributed by atoms with E-state index in [0.29, 0.717) is 27.5 Å². The van der Waals surface area contributed by atoms with E-state index in [2.05, 4.69) is 31.1 Å². The third-order valence-electron chi connectivity index (χ3n) is 4.32. The van der Waals surface area contributed by atoms with E-state index in [9.17, 15) is 9.59 Å². The molecule has 0 saturated carbocycles. The molecule has 0 aliphatic rings. The number of anilines is 1. The van der Waals surface area contributed by atoms with E-state index in [4.69, 9.17) is 16.3 Å². The van der Waals surface area contributed by atoms with Gasteiger partial charge in [-0.25, -0.2) is 0 Å². The Morgan fingerprint density at radius 3 is 2.52 bits per heavy atom. The van der Waals surface area contributed by atoms with Crippen LogP contribution in [0.3, 0.4) is 0 Å². The predicted molar refractivity (Wildman–Crippen MR) is 109 cm³/mol. The summed E-state index contributed by atoms with van der Waals surface area (Å²) in [4.78, 5) is 27.5. The molecule has 1 aromatic heterocycles. The Hall–Kier alpha value is -2.79. The third-order valence-corrected chi connectivity index (χ3v) is 4.55. The van der Waals surface area contributed by atoms with Crippen LogP contribution in [0.25, 0.3) is 10.9 Å². The molecule has 0 spiro atoms. The molecule has 3 rings (SSSR count). The Labute approximate surface area is 162 Å². The van der Waals surface area contributed by atoms with Gasteiger partial charge in [0.05, 0.1) is 18.2 Å². The second-order valence-electron chi connectivity index (χ2n) is 7.36. The Morgan fingerprint density at radius 2 is 1.85 bits per heavy atom. The number of carbonyl (C=O) groups is 1. The van der Waals surface area contributed by atoms with Gasteiger partial charge in [0, 0.05) is 22.2 Å². The molecule has 2 aromatic carbocycles. The van der Waals surface area contributed by atoms with Crippen LogP contribution in [-0.4, -0.2) is 18.0 Å². The molecule has 1 amide bonds. The molecule has 0 aliphatic heterocycles. The first-order valence-corrected chi connectivity index (χ1v) is 8.89. The van der Waals surface area contributed by atoms with Gasteiger partial charge in [-0.2, -0.15) is 0 Å². The number of amides is 1. The van der Waals surface area contributed by atoms with E-state index in [1.807, 2.05) is 12.1 Å². The first-order valence-electron chi connectivity index (χ1n) is 8.51. The number of halogens is 1. The largest absolute Gasteiger partial charge is 0.496 e. The Kier molecular flexibility index (Phi) is 4.98. The van der Waals surface area contributed by atoms with Gasteiger partial charge in [0.1, 0.15) is 5.75 Å². The number of aromatic amines is 1. The van der Waals surface area contributed by atoms with Gasteiger partial charge in [-0.3, -0.25) is 9.59 Å². The molecule has 140 valence electrons. The van der Waals surface area contributed by atoms with Crippen molar-refractivity contribution in [3.63, 3.8) is 0 Å². The molecule has 2 N–H and O–H groups in total. The van der Waals surface area contributed by atoms with E-state index in [-0.39, 0.29) is 16.9 Å². The maximum Gasteiger partial charge on any atom is 0.259 e. The van der Waals surface area contributed by atoms with Gasteiger partial charge in [0.25, 0.3) is 5.91 Å². The highest BCUT2D eigenvalue weighted by molar-refractivity contribution is 6.31. The van der Waals surface area contributed by atoms with Crippen molar-refractivity contribution in [3.8, 4) is 5.75 Å². The fourth-order valence-electron chi connectivity index (χ4n) is 3.01. The van der Waals surface area contributed by atoms with Crippen molar-refractivity contribution in [1.29, 1.82) is 0 Å². The number of rotatable bonds is 3. The summed E-state index contributed by atoms with van der Waals surface area (Å²) in [5.74, 6) is 0.0872. The lowest BCUT2D eigenvalue weighted by Gasteiger charge is -2.21. The van der Waals surface area contributed by atoms with E-state index >= 15 is 0 Å². The second kappa shape index (κ2) is 7.08. The number of H-pyrrole nitrogens is 1. The van der Waals surface area contributed by atoms with Gasteiger partial charge in [0.2, 0.25) is 5.56 Å². The zero-order valence-electron chi connectivity index (χ0n) is 15.6. The molecule has 1 heterocycles. The average Bonchev–Trinajstić information content (AvgIpc) is 2.59. The molecule has 0 radical (unpaired) electrons. The van der Waals surface area contributed by atoms with Crippen LogP contribution in [0.4, 0.5) is 5.69 Å². The average molecular weight is 385 g/mol. The van der Waals surface area contributed by atoms with Gasteiger partial charge >= 0.3 is 0 Å². The molecule has 6 heteroatoms. The zero-order chi connectivity index (χ0) is 19.8. The Balaban J connectivity index is 2.01. The maximum atomic E-state index is 12.7. The number of hydrogen-bond acceptors (Lipinski definition) is 3. The molecule has 0 bridgehead atoms. The van der Waals surface area contributed by atoms with E-state index in [1.54, 1.807) is 30.3 Å². The molecular weight excluding hydrogens is 364 g/mol. The summed E-state index contributed by atoms with van der Waals surface area (Å²) >= 11 is 6.00. The van der Waals surface area contributed by atoms with Crippen molar-refractivity contribution >= 4 is 34.1 Å². The number of ether oxygens (including phenoxy) is 1. The van der Waals surface area contributed by atoms with E-state index in [1.165, 1.54) is 7.11 Å². The van der Waals surface area contributed by atoms with Crippen LogP contribution in [0, 0.1) is 0 Å². The quantitative estimate of drug-likeness (QED) is 0.685. The van der Waals surface area contributed by atoms with E-state index < -0.39 is 0 Å². The van der Waals surface area contributed by atoms with Crippen molar-refractivity contribution in [1.82, 2.24) is 4.98 Å². The van der Waals surface area contributed by atoms with Crippen LogP contribution in [0.5, 0.6) is 5.75 Å². The van der Waals surface area contributed by atoms with Crippen LogP contribution in [0.15, 0.2) is 47.3 Å². The van der Waals surface area contributed by atoms with Gasteiger partial charge in [-0.1, -0.05) is 38.4 Å². The first kappa shape index (κ1) is 19.0. The number of fused-ring (bicyclic) bond motifs is 1. The summed E-state index contributed by atoms with van der Waals surface area (Å²) in [5, 5.41) is 4.22. The lowest BCUT2D eigenvalue weighted by atomic mass is 9.85. The summed E-state index contributed by atoms with van der Waals surface area (Å²) < 4.78 is 5.23. The number of carbonyl (C=O) groups excluding carboxylic acids is 1. The topological polar surface area (TPSA) is 71.2 Å². The van der Waals surface area contributed by atoms with Crippen molar-refractivity contribution in [2.75, 3.05) is 12.4 Å². The molecule has 0 fully saturated rings. The predicted octanol–water partition coefficient (Wildman–Crippen LogP) is 4.74.